The SMILES string of the molecule is C.CC(C)(C)CC(=O)N1CCN(C2CCC(C#N)CC2)CC1.CC(C)(C)CC(=O)N1CCN(C2CCC(C#N)CC2)CC1.CC(C)(C)CC(=O)N1CCN(CCCC#N)CC1.CC(C)(C)CCN. The number of unbranched alkanes of at least 4 members (excludes halogenated alkanes) is 1. The van der Waals surface area contributed by atoms with Crippen molar-refractivity contribution in [3.8, 4) is 18.2 Å². The normalized spacial score (nSPS) is 23.3. The van der Waals surface area contributed by atoms with Crippen LogP contribution in [0.5, 0.6) is 0 Å². The molecule has 0 spiro atoms. The average molecular weight is 951 g/mol. The molecular weight excluding hydrogens is 849 g/mol. The molecule has 0 unspecified atom stereocenters. The van der Waals surface area contributed by atoms with E-state index in [0.717, 1.165) is 156 Å². The Morgan fingerprint density at radius 2 is 0.794 bits per heavy atom. The highest BCUT2D eigenvalue weighted by Crippen LogP contribution is 2.30. The van der Waals surface area contributed by atoms with Crippen molar-refractivity contribution in [2.75, 3.05) is 91.6 Å². The molecule has 3 heterocycles. The topological polar surface area (TPSA) is 168 Å². The zero-order valence-electron chi connectivity index (χ0n) is 44.9. The molecule has 0 radical (unpaired) electrons. The number of nitrogens with two attached hydrogens (primary N) is 1. The van der Waals surface area contributed by atoms with Gasteiger partial charge < -0.3 is 20.4 Å². The number of hydrogen-bond donors (Lipinski definition) is 1. The number of carbonyl (C=O) groups excluding carboxylic acids is 3. The maximum atomic E-state index is 12.2. The first-order valence-corrected chi connectivity index (χ1v) is 26.2. The smallest absolute Gasteiger partial charge is 0.223 e. The molecule has 13 nitrogen and oxygen atoms in total. The number of amides is 3. The molecule has 13 heteroatoms. The summed E-state index contributed by atoms with van der Waals surface area (Å²) >= 11 is 0. The molecule has 0 aromatic rings. The van der Waals surface area contributed by atoms with E-state index < -0.39 is 0 Å². The van der Waals surface area contributed by atoms with Crippen molar-refractivity contribution in [1.29, 1.82) is 15.8 Å². The fourth-order valence-corrected chi connectivity index (χ4v) is 9.55. The Kier molecular flexibility index (Phi) is 28.1. The molecule has 0 atom stereocenters. The van der Waals surface area contributed by atoms with E-state index in [-0.39, 0.29) is 41.4 Å². The molecule has 3 saturated heterocycles. The van der Waals surface area contributed by atoms with Crippen LogP contribution < -0.4 is 5.73 Å². The van der Waals surface area contributed by atoms with Gasteiger partial charge in [-0.2, -0.15) is 15.8 Å². The molecule has 68 heavy (non-hydrogen) atoms. The first-order valence-electron chi connectivity index (χ1n) is 26.2. The van der Waals surface area contributed by atoms with E-state index in [1.54, 1.807) is 0 Å². The lowest BCUT2D eigenvalue weighted by Crippen LogP contribution is -2.53. The highest BCUT2D eigenvalue weighted by atomic mass is 16.2. The maximum Gasteiger partial charge on any atom is 0.223 e. The minimum Gasteiger partial charge on any atom is -0.340 e. The molecule has 390 valence electrons. The quantitative estimate of drug-likeness (QED) is 0.220. The predicted octanol–water partition coefficient (Wildman–Crippen LogP) is 9.19. The minimum absolute atomic E-state index is 0. The third-order valence-corrected chi connectivity index (χ3v) is 13.6. The summed E-state index contributed by atoms with van der Waals surface area (Å²) in [6.07, 6.45) is 13.4. The maximum absolute atomic E-state index is 12.2. The minimum atomic E-state index is 0. The van der Waals surface area contributed by atoms with Crippen LogP contribution in [0.1, 0.15) is 180 Å². The summed E-state index contributed by atoms with van der Waals surface area (Å²) < 4.78 is 0. The number of rotatable bonds is 9. The second-order valence-corrected chi connectivity index (χ2v) is 24.9. The molecule has 2 aliphatic carbocycles. The number of piperazine rings is 3. The van der Waals surface area contributed by atoms with Crippen LogP contribution >= 0.6 is 0 Å². The van der Waals surface area contributed by atoms with Crippen LogP contribution in [0.3, 0.4) is 0 Å². The summed E-state index contributed by atoms with van der Waals surface area (Å²) in [5, 5.41) is 26.4. The van der Waals surface area contributed by atoms with Gasteiger partial charge in [0.05, 0.1) is 18.2 Å². The summed E-state index contributed by atoms with van der Waals surface area (Å²) in [7, 11) is 0. The largest absolute Gasteiger partial charge is 0.340 e. The van der Waals surface area contributed by atoms with Crippen LogP contribution in [0.4, 0.5) is 0 Å². The van der Waals surface area contributed by atoms with Gasteiger partial charge in [-0.1, -0.05) is 90.5 Å². The van der Waals surface area contributed by atoms with E-state index >= 15 is 0 Å². The van der Waals surface area contributed by atoms with Gasteiger partial charge in [0.2, 0.25) is 17.7 Å². The Labute approximate surface area is 417 Å². The van der Waals surface area contributed by atoms with E-state index in [9.17, 15) is 14.4 Å². The lowest BCUT2D eigenvalue weighted by molar-refractivity contribution is -0.136. The lowest BCUT2D eigenvalue weighted by Gasteiger charge is -2.41. The molecular formula is C55H102N10O3. The van der Waals surface area contributed by atoms with Crippen LogP contribution in [0.25, 0.3) is 0 Å². The Morgan fingerprint density at radius 1 is 0.485 bits per heavy atom. The Hall–Kier alpha value is -3.28. The number of hydrogen-bond acceptors (Lipinski definition) is 10. The molecule has 5 aliphatic rings. The highest BCUT2D eigenvalue weighted by molar-refractivity contribution is 5.77. The van der Waals surface area contributed by atoms with E-state index in [0.29, 0.717) is 55.0 Å². The molecule has 3 aliphatic heterocycles. The van der Waals surface area contributed by atoms with E-state index in [4.69, 9.17) is 21.5 Å². The Bertz CT molecular complexity index is 1490. The summed E-state index contributed by atoms with van der Waals surface area (Å²) in [6.45, 7) is 38.4. The van der Waals surface area contributed by atoms with Gasteiger partial charge in [-0.15, -0.1) is 0 Å². The van der Waals surface area contributed by atoms with Crippen LogP contribution in [0.15, 0.2) is 0 Å². The van der Waals surface area contributed by atoms with Gasteiger partial charge in [-0.25, -0.2) is 0 Å². The molecule has 0 aromatic carbocycles. The fourth-order valence-electron chi connectivity index (χ4n) is 9.55. The zero-order chi connectivity index (χ0) is 50.4. The Balaban J connectivity index is 0.000000474. The molecule has 5 rings (SSSR count). The monoisotopic (exact) mass is 951 g/mol. The van der Waals surface area contributed by atoms with Crippen molar-refractivity contribution < 1.29 is 14.4 Å². The zero-order valence-corrected chi connectivity index (χ0v) is 44.9. The molecule has 0 bridgehead atoms. The average Bonchev–Trinajstić information content (AvgIpc) is 3.25. The first kappa shape index (κ1) is 62.7. The lowest BCUT2D eigenvalue weighted by atomic mass is 9.86. The van der Waals surface area contributed by atoms with Crippen molar-refractivity contribution in [2.45, 2.75) is 192 Å². The van der Waals surface area contributed by atoms with Crippen LogP contribution in [-0.4, -0.2) is 151 Å². The van der Waals surface area contributed by atoms with Gasteiger partial charge in [-0.05, 0) is 99.0 Å². The molecule has 0 aromatic heterocycles. The van der Waals surface area contributed by atoms with Gasteiger partial charge in [0.25, 0.3) is 0 Å². The van der Waals surface area contributed by atoms with Gasteiger partial charge in [0.1, 0.15) is 0 Å². The number of carbonyl (C=O) groups is 3. The Morgan fingerprint density at radius 3 is 1.03 bits per heavy atom. The predicted molar refractivity (Wildman–Crippen MR) is 279 cm³/mol. The van der Waals surface area contributed by atoms with E-state index in [2.05, 4.69) is 116 Å². The van der Waals surface area contributed by atoms with Crippen LogP contribution in [-0.2, 0) is 14.4 Å². The standard InChI is InChI=1S/2C17H29N3O.C14H25N3O.C6H15N.CH4/c2*1-17(2,3)12-16(21)20-10-8-19(9-11-20)15-6-4-14(13-18)5-7-15;1-14(2,3)12-13(18)17-10-8-16(9-11-17)7-5-4-6-15;1-6(2,3)4-5-7;/h2*14-15H,4-12H2,1-3H3;4-5,7-12H2,1-3H3;4-5,7H2,1-3H3;1H4. The fraction of sp³-hybridized carbons (Fsp3) is 0.891. The van der Waals surface area contributed by atoms with Crippen LogP contribution in [0.2, 0.25) is 0 Å². The highest BCUT2D eigenvalue weighted by Gasteiger charge is 2.32. The van der Waals surface area contributed by atoms with Gasteiger partial charge in [-0.3, -0.25) is 29.1 Å². The second-order valence-electron chi connectivity index (χ2n) is 24.9. The first-order chi connectivity index (χ1) is 31.3. The molecule has 2 saturated carbocycles. The number of nitriles is 3. The number of nitrogens with zero attached hydrogens (tertiary/aromatic N) is 9. The van der Waals surface area contributed by atoms with Crippen molar-refractivity contribution in [2.24, 2.45) is 39.2 Å². The molecule has 2 N–H and O–H groups in total. The van der Waals surface area contributed by atoms with E-state index in [1.165, 1.54) is 0 Å². The van der Waals surface area contributed by atoms with Crippen molar-refractivity contribution in [3.05, 3.63) is 0 Å². The van der Waals surface area contributed by atoms with Crippen molar-refractivity contribution in [3.63, 3.8) is 0 Å². The van der Waals surface area contributed by atoms with Gasteiger partial charge in [0, 0.05) is 128 Å². The summed E-state index contributed by atoms with van der Waals surface area (Å²) in [5.41, 5.74) is 5.96. The van der Waals surface area contributed by atoms with Gasteiger partial charge >= 0.3 is 0 Å². The summed E-state index contributed by atoms with van der Waals surface area (Å²) in [4.78, 5) is 50.0. The molecule has 3 amide bonds. The van der Waals surface area contributed by atoms with Crippen molar-refractivity contribution in [1.82, 2.24) is 29.4 Å². The summed E-state index contributed by atoms with van der Waals surface area (Å²) in [5.74, 6) is 1.43. The van der Waals surface area contributed by atoms with Crippen molar-refractivity contribution >= 4 is 17.7 Å². The van der Waals surface area contributed by atoms with Crippen LogP contribution in [0, 0.1) is 67.5 Å². The van der Waals surface area contributed by atoms with Gasteiger partial charge in [0.15, 0.2) is 0 Å². The molecule has 5 fully saturated rings. The second kappa shape index (κ2) is 30.5. The third-order valence-electron chi connectivity index (χ3n) is 13.6. The van der Waals surface area contributed by atoms with E-state index in [1.807, 2.05) is 14.7 Å². The third kappa shape index (κ3) is 26.6. The summed E-state index contributed by atoms with van der Waals surface area (Å²) in [6, 6.07) is 8.24.